The number of hydrogen-bond donors (Lipinski definition) is 1. The number of fused-ring (bicyclic) bond motifs is 1. The van der Waals surface area contributed by atoms with Gasteiger partial charge in [0.15, 0.2) is 11.5 Å². The van der Waals surface area contributed by atoms with Crippen molar-refractivity contribution in [1.82, 2.24) is 4.90 Å². The molecule has 36 heavy (non-hydrogen) atoms. The highest BCUT2D eigenvalue weighted by Gasteiger charge is 2.46. The van der Waals surface area contributed by atoms with Crippen LogP contribution in [0.1, 0.15) is 22.7 Å². The second-order valence-corrected chi connectivity index (χ2v) is 8.44. The van der Waals surface area contributed by atoms with E-state index in [1.165, 1.54) is 4.90 Å². The molecule has 5 rings (SSSR count). The van der Waals surface area contributed by atoms with Gasteiger partial charge in [-0.25, -0.2) is 0 Å². The largest absolute Gasteiger partial charge is 0.507 e. The first-order chi connectivity index (χ1) is 17.6. The van der Waals surface area contributed by atoms with Crippen molar-refractivity contribution in [3.8, 4) is 17.2 Å². The number of likely N-dealkylation sites (tertiary alicyclic amines) is 1. The van der Waals surface area contributed by atoms with E-state index in [9.17, 15) is 14.7 Å². The zero-order valence-corrected chi connectivity index (χ0v) is 19.6. The molecule has 1 amide bonds. The number of hydrogen-bond acceptors (Lipinski definition) is 6. The normalized spacial score (nSPS) is 18.2. The third kappa shape index (κ3) is 4.43. The number of carbonyl (C=O) groups is 2. The summed E-state index contributed by atoms with van der Waals surface area (Å²) >= 11 is 0. The van der Waals surface area contributed by atoms with E-state index in [2.05, 4.69) is 6.58 Å². The number of amides is 1. The van der Waals surface area contributed by atoms with E-state index < -0.39 is 17.7 Å². The molecule has 182 valence electrons. The number of ether oxygens (including phenoxy) is 3. The fraction of sp³-hybridized carbons (Fsp3) is 0.172. The number of ketones is 1. The van der Waals surface area contributed by atoms with Gasteiger partial charge in [-0.1, -0.05) is 55.1 Å². The van der Waals surface area contributed by atoms with E-state index in [-0.39, 0.29) is 17.9 Å². The Morgan fingerprint density at radius 2 is 1.72 bits per heavy atom. The molecule has 2 aliphatic heterocycles. The van der Waals surface area contributed by atoms with Gasteiger partial charge in [-0.15, -0.1) is 0 Å². The molecule has 1 fully saturated rings. The molecule has 0 spiro atoms. The maximum absolute atomic E-state index is 13.3. The van der Waals surface area contributed by atoms with E-state index in [0.29, 0.717) is 48.2 Å². The van der Waals surface area contributed by atoms with Crippen LogP contribution in [0.2, 0.25) is 0 Å². The predicted octanol–water partition coefficient (Wildman–Crippen LogP) is 4.64. The number of rotatable bonds is 7. The van der Waals surface area contributed by atoms with E-state index >= 15 is 0 Å². The first-order valence-electron chi connectivity index (χ1n) is 11.6. The smallest absolute Gasteiger partial charge is 0.295 e. The molecule has 7 heteroatoms. The first-order valence-corrected chi connectivity index (χ1v) is 11.6. The van der Waals surface area contributed by atoms with E-state index in [0.717, 1.165) is 5.56 Å². The maximum Gasteiger partial charge on any atom is 0.295 e. The monoisotopic (exact) mass is 483 g/mol. The van der Waals surface area contributed by atoms with Gasteiger partial charge in [0, 0.05) is 12.1 Å². The van der Waals surface area contributed by atoms with Crippen LogP contribution in [0, 0.1) is 0 Å². The van der Waals surface area contributed by atoms with Gasteiger partial charge >= 0.3 is 0 Å². The molecule has 2 aliphatic rings. The van der Waals surface area contributed by atoms with E-state index in [1.54, 1.807) is 48.5 Å². The molecule has 1 N–H and O–H groups in total. The molecule has 1 atom stereocenters. The van der Waals surface area contributed by atoms with Crippen molar-refractivity contribution in [2.45, 2.75) is 12.6 Å². The summed E-state index contributed by atoms with van der Waals surface area (Å²) in [6.07, 6.45) is 1.65. The predicted molar refractivity (Wildman–Crippen MR) is 134 cm³/mol. The standard InChI is InChI=1S/C29H25NO6/c1-2-14-34-22-11-8-20(9-12-22)26-25(27(31)21-10-13-23-24(17-21)36-16-15-35-23)28(32)29(33)30(26)18-19-6-4-3-5-7-19/h2-13,17,26,31H,1,14-16,18H2/b27-25+. The summed E-state index contributed by atoms with van der Waals surface area (Å²) in [4.78, 5) is 28.0. The molecule has 0 aliphatic carbocycles. The van der Waals surface area contributed by atoms with Crippen molar-refractivity contribution in [2.24, 2.45) is 0 Å². The van der Waals surface area contributed by atoms with Gasteiger partial charge in [-0.3, -0.25) is 9.59 Å². The molecule has 0 aromatic heterocycles. The number of benzene rings is 3. The summed E-state index contributed by atoms with van der Waals surface area (Å²) < 4.78 is 16.8. The number of aliphatic hydroxyl groups is 1. The maximum atomic E-state index is 13.3. The zero-order valence-electron chi connectivity index (χ0n) is 19.6. The summed E-state index contributed by atoms with van der Waals surface area (Å²) in [5, 5.41) is 11.3. The fourth-order valence-corrected chi connectivity index (χ4v) is 4.42. The molecule has 0 bridgehead atoms. The number of Topliss-reactive ketones (excluding diaryl/α,β-unsaturated/α-hetero) is 1. The Labute approximate surface area is 208 Å². The molecule has 3 aromatic carbocycles. The average molecular weight is 484 g/mol. The lowest BCUT2D eigenvalue weighted by Crippen LogP contribution is -2.29. The van der Waals surface area contributed by atoms with Gasteiger partial charge in [0.1, 0.15) is 31.3 Å². The van der Waals surface area contributed by atoms with Gasteiger partial charge in [-0.2, -0.15) is 0 Å². The van der Waals surface area contributed by atoms with Gasteiger partial charge < -0.3 is 24.2 Å². The lowest BCUT2D eigenvalue weighted by Gasteiger charge is -2.26. The minimum Gasteiger partial charge on any atom is -0.507 e. The highest BCUT2D eigenvalue weighted by atomic mass is 16.6. The highest BCUT2D eigenvalue weighted by molar-refractivity contribution is 6.46. The second-order valence-electron chi connectivity index (χ2n) is 8.44. The van der Waals surface area contributed by atoms with Crippen molar-refractivity contribution in [2.75, 3.05) is 19.8 Å². The quantitative estimate of drug-likeness (QED) is 0.228. The minimum atomic E-state index is -0.785. The van der Waals surface area contributed by atoms with Crippen molar-refractivity contribution in [3.05, 3.63) is 108 Å². The van der Waals surface area contributed by atoms with Crippen molar-refractivity contribution < 1.29 is 28.9 Å². The van der Waals surface area contributed by atoms with Crippen molar-refractivity contribution >= 4 is 17.4 Å². The van der Waals surface area contributed by atoms with Gasteiger partial charge in [0.25, 0.3) is 11.7 Å². The lowest BCUT2D eigenvalue weighted by molar-refractivity contribution is -0.140. The molecule has 0 radical (unpaired) electrons. The Bertz CT molecular complexity index is 1330. The van der Waals surface area contributed by atoms with Crippen LogP contribution in [0.5, 0.6) is 17.2 Å². The van der Waals surface area contributed by atoms with Gasteiger partial charge in [0.2, 0.25) is 0 Å². The van der Waals surface area contributed by atoms with Crippen LogP contribution >= 0.6 is 0 Å². The molecule has 7 nitrogen and oxygen atoms in total. The number of nitrogens with zero attached hydrogens (tertiary/aromatic N) is 1. The van der Waals surface area contributed by atoms with Crippen LogP contribution in [-0.4, -0.2) is 41.5 Å². The summed E-state index contributed by atoms with van der Waals surface area (Å²) in [6, 6.07) is 20.7. The summed E-state index contributed by atoms with van der Waals surface area (Å²) in [5.74, 6) is -0.00771. The SMILES string of the molecule is C=CCOc1ccc(C2/C(=C(\O)c3ccc4c(c3)OCCO4)C(=O)C(=O)N2Cc2ccccc2)cc1. The Morgan fingerprint density at radius 1 is 1.00 bits per heavy atom. The third-order valence-electron chi connectivity index (χ3n) is 6.12. The summed E-state index contributed by atoms with van der Waals surface area (Å²) in [6.45, 7) is 5.05. The van der Waals surface area contributed by atoms with Crippen LogP contribution < -0.4 is 14.2 Å². The Balaban J connectivity index is 1.59. The van der Waals surface area contributed by atoms with Crippen molar-refractivity contribution in [1.29, 1.82) is 0 Å². The summed E-state index contributed by atoms with van der Waals surface area (Å²) in [7, 11) is 0. The molecule has 1 saturated heterocycles. The van der Waals surface area contributed by atoms with Gasteiger partial charge in [0.05, 0.1) is 11.6 Å². The van der Waals surface area contributed by atoms with Crippen LogP contribution in [0.4, 0.5) is 0 Å². The molecule has 1 unspecified atom stereocenters. The van der Waals surface area contributed by atoms with E-state index in [1.807, 2.05) is 30.3 Å². The molecule has 3 aromatic rings. The van der Waals surface area contributed by atoms with Crippen LogP contribution in [0.3, 0.4) is 0 Å². The fourth-order valence-electron chi connectivity index (χ4n) is 4.42. The Kier molecular flexibility index (Phi) is 6.45. The van der Waals surface area contributed by atoms with Crippen LogP contribution in [-0.2, 0) is 16.1 Å². The van der Waals surface area contributed by atoms with Gasteiger partial charge in [-0.05, 0) is 41.5 Å². The van der Waals surface area contributed by atoms with Crippen molar-refractivity contribution in [3.63, 3.8) is 0 Å². The Hall–Kier alpha value is -4.52. The minimum absolute atomic E-state index is 0.0207. The Morgan fingerprint density at radius 3 is 2.44 bits per heavy atom. The van der Waals surface area contributed by atoms with Crippen LogP contribution in [0.15, 0.2) is 91.0 Å². The molecule has 0 saturated carbocycles. The average Bonchev–Trinajstić information content (AvgIpc) is 3.17. The highest BCUT2D eigenvalue weighted by Crippen LogP contribution is 2.42. The zero-order chi connectivity index (χ0) is 25.1. The topological polar surface area (TPSA) is 85.3 Å². The molecular formula is C29H25NO6. The second kappa shape index (κ2) is 10.00. The number of carbonyl (C=O) groups excluding carboxylic acids is 2. The first kappa shape index (κ1) is 23.2. The lowest BCUT2D eigenvalue weighted by atomic mass is 9.95. The third-order valence-corrected chi connectivity index (χ3v) is 6.12. The molecule has 2 heterocycles. The summed E-state index contributed by atoms with van der Waals surface area (Å²) in [5.41, 5.74) is 1.94. The van der Waals surface area contributed by atoms with E-state index in [4.69, 9.17) is 14.2 Å². The van der Waals surface area contributed by atoms with Crippen LogP contribution in [0.25, 0.3) is 5.76 Å². The number of aliphatic hydroxyl groups excluding tert-OH is 1. The molecular weight excluding hydrogens is 458 g/mol.